The molecule has 3 aromatic rings. The Kier molecular flexibility index (Phi) is 7.28. The molecular formula is C29H36N6O2. The number of hydrogen-bond acceptors (Lipinski definition) is 7. The largest absolute Gasteiger partial charge is 0.459 e. The molecule has 0 aliphatic carbocycles. The van der Waals surface area contributed by atoms with Crippen molar-refractivity contribution in [3.05, 3.63) is 66.4 Å². The fourth-order valence-electron chi connectivity index (χ4n) is 5.39. The number of fused-ring (bicyclic) bond motifs is 2. The minimum absolute atomic E-state index is 0.0170. The van der Waals surface area contributed by atoms with Crippen LogP contribution < -0.4 is 14.5 Å². The van der Waals surface area contributed by atoms with Crippen LogP contribution in [0.25, 0.3) is 10.8 Å². The molecule has 37 heavy (non-hydrogen) atoms. The molecule has 1 aromatic heterocycles. The molecule has 8 heteroatoms. The number of ether oxygens (including phenoxy) is 1. The maximum Gasteiger partial charge on any atom is 0.318 e. The van der Waals surface area contributed by atoms with Crippen molar-refractivity contribution in [1.82, 2.24) is 19.8 Å². The Bertz CT molecular complexity index is 1280. The van der Waals surface area contributed by atoms with Crippen LogP contribution in [0.1, 0.15) is 18.2 Å². The lowest BCUT2D eigenvalue weighted by Crippen LogP contribution is -2.49. The van der Waals surface area contributed by atoms with Crippen LogP contribution in [0.4, 0.5) is 11.5 Å². The lowest BCUT2D eigenvalue weighted by Gasteiger charge is -2.38. The number of anilines is 2. The zero-order chi connectivity index (χ0) is 25.9. The van der Waals surface area contributed by atoms with Gasteiger partial charge in [0.15, 0.2) is 0 Å². The smallest absolute Gasteiger partial charge is 0.318 e. The van der Waals surface area contributed by atoms with E-state index in [-0.39, 0.29) is 12.0 Å². The van der Waals surface area contributed by atoms with E-state index in [1.807, 2.05) is 25.9 Å². The molecule has 0 spiro atoms. The zero-order valence-electron chi connectivity index (χ0n) is 22.1. The van der Waals surface area contributed by atoms with Gasteiger partial charge in [-0.2, -0.15) is 9.97 Å². The van der Waals surface area contributed by atoms with Gasteiger partial charge < -0.3 is 24.3 Å². The van der Waals surface area contributed by atoms with E-state index in [9.17, 15) is 4.79 Å². The van der Waals surface area contributed by atoms with E-state index in [2.05, 4.69) is 63.7 Å². The standard InChI is InChI=1S/C29H36N6O2/c1-5-27(36)33-15-17-34(18-16-33)28-24-13-14-35(26-12-8-10-22-9-6-7-11-23(22)26)20-25(24)30-29(31-28)37-21(2)19-32(3)4/h5-12,21H,1,13-20H2,2-4H3. The topological polar surface area (TPSA) is 65.0 Å². The lowest BCUT2D eigenvalue weighted by molar-refractivity contribution is -0.126. The van der Waals surface area contributed by atoms with Crippen molar-refractivity contribution in [2.24, 2.45) is 0 Å². The zero-order valence-corrected chi connectivity index (χ0v) is 22.1. The Balaban J connectivity index is 1.46. The third-order valence-electron chi connectivity index (χ3n) is 7.12. The van der Waals surface area contributed by atoms with E-state index in [1.54, 1.807) is 0 Å². The highest BCUT2D eigenvalue weighted by molar-refractivity contribution is 5.94. The molecule has 0 bridgehead atoms. The number of likely N-dealkylation sites (N-methyl/N-ethyl adjacent to an activating group) is 1. The number of piperazine rings is 1. The molecule has 3 heterocycles. The van der Waals surface area contributed by atoms with Gasteiger partial charge in [-0.25, -0.2) is 0 Å². The highest BCUT2D eigenvalue weighted by atomic mass is 16.5. The number of carbonyl (C=O) groups excluding carboxylic acids is 1. The van der Waals surface area contributed by atoms with Crippen molar-refractivity contribution in [2.75, 3.05) is 63.2 Å². The van der Waals surface area contributed by atoms with Crippen molar-refractivity contribution in [1.29, 1.82) is 0 Å². The summed E-state index contributed by atoms with van der Waals surface area (Å²) in [5.41, 5.74) is 3.43. The summed E-state index contributed by atoms with van der Waals surface area (Å²) in [5.74, 6) is 0.928. The van der Waals surface area contributed by atoms with Crippen LogP contribution in [0.3, 0.4) is 0 Å². The van der Waals surface area contributed by atoms with Crippen molar-refractivity contribution in [3.8, 4) is 6.01 Å². The molecule has 0 saturated carbocycles. The van der Waals surface area contributed by atoms with Gasteiger partial charge in [-0.15, -0.1) is 0 Å². The molecule has 194 valence electrons. The molecule has 1 fully saturated rings. The highest BCUT2D eigenvalue weighted by Crippen LogP contribution is 2.34. The Morgan fingerprint density at radius 2 is 1.81 bits per heavy atom. The maximum atomic E-state index is 12.1. The number of benzene rings is 2. The quantitative estimate of drug-likeness (QED) is 0.461. The van der Waals surface area contributed by atoms with Crippen molar-refractivity contribution >= 4 is 28.2 Å². The summed E-state index contributed by atoms with van der Waals surface area (Å²) < 4.78 is 6.22. The second-order valence-electron chi connectivity index (χ2n) is 10.1. The number of aromatic nitrogens is 2. The average molecular weight is 501 g/mol. The van der Waals surface area contributed by atoms with Gasteiger partial charge in [0, 0.05) is 55.9 Å². The van der Waals surface area contributed by atoms with Gasteiger partial charge in [0.1, 0.15) is 11.9 Å². The molecule has 2 aliphatic rings. The first-order valence-corrected chi connectivity index (χ1v) is 13.0. The van der Waals surface area contributed by atoms with Gasteiger partial charge in [-0.05, 0) is 45.0 Å². The summed E-state index contributed by atoms with van der Waals surface area (Å²) in [6.07, 6.45) is 2.20. The minimum atomic E-state index is -0.0410. The maximum absolute atomic E-state index is 12.1. The van der Waals surface area contributed by atoms with Crippen molar-refractivity contribution < 1.29 is 9.53 Å². The number of nitrogens with zero attached hydrogens (tertiary/aromatic N) is 6. The Morgan fingerprint density at radius 3 is 2.57 bits per heavy atom. The van der Waals surface area contributed by atoms with Crippen LogP contribution >= 0.6 is 0 Å². The Labute approximate surface area is 219 Å². The first-order valence-electron chi connectivity index (χ1n) is 13.0. The molecule has 2 aliphatic heterocycles. The van der Waals surface area contributed by atoms with Crippen LogP contribution in [-0.2, 0) is 17.8 Å². The Morgan fingerprint density at radius 1 is 1.05 bits per heavy atom. The van der Waals surface area contributed by atoms with E-state index < -0.39 is 0 Å². The van der Waals surface area contributed by atoms with Crippen LogP contribution in [-0.4, -0.2) is 85.1 Å². The van der Waals surface area contributed by atoms with Crippen LogP contribution in [0, 0.1) is 0 Å². The van der Waals surface area contributed by atoms with Crippen LogP contribution in [0.15, 0.2) is 55.1 Å². The second-order valence-corrected chi connectivity index (χ2v) is 10.1. The summed E-state index contributed by atoms with van der Waals surface area (Å²) >= 11 is 0. The van der Waals surface area contributed by atoms with E-state index in [0.717, 1.165) is 44.1 Å². The molecule has 1 amide bonds. The van der Waals surface area contributed by atoms with Gasteiger partial charge >= 0.3 is 6.01 Å². The summed E-state index contributed by atoms with van der Waals surface area (Å²) in [5, 5.41) is 2.49. The SMILES string of the molecule is C=CC(=O)N1CCN(c2nc(OC(C)CN(C)C)nc3c2CCN(c2cccc4ccccc24)C3)CC1. The molecule has 1 unspecified atom stereocenters. The molecule has 0 N–H and O–H groups in total. The summed E-state index contributed by atoms with van der Waals surface area (Å²) in [7, 11) is 4.07. The summed E-state index contributed by atoms with van der Waals surface area (Å²) in [6.45, 7) is 10.8. The number of hydrogen-bond donors (Lipinski definition) is 0. The first-order chi connectivity index (χ1) is 17.9. The number of carbonyl (C=O) groups is 1. The van der Waals surface area contributed by atoms with Gasteiger partial charge in [-0.3, -0.25) is 4.79 Å². The third kappa shape index (κ3) is 5.39. The van der Waals surface area contributed by atoms with Crippen LogP contribution in [0.2, 0.25) is 0 Å². The monoisotopic (exact) mass is 500 g/mol. The van der Waals surface area contributed by atoms with Crippen molar-refractivity contribution in [2.45, 2.75) is 26.0 Å². The third-order valence-corrected chi connectivity index (χ3v) is 7.12. The van der Waals surface area contributed by atoms with Gasteiger partial charge in [0.2, 0.25) is 5.91 Å². The van der Waals surface area contributed by atoms with E-state index in [4.69, 9.17) is 14.7 Å². The minimum Gasteiger partial charge on any atom is -0.459 e. The molecule has 1 saturated heterocycles. The molecule has 8 nitrogen and oxygen atoms in total. The fraction of sp³-hybridized carbons (Fsp3) is 0.414. The average Bonchev–Trinajstić information content (AvgIpc) is 2.91. The number of rotatable bonds is 7. The lowest BCUT2D eigenvalue weighted by atomic mass is 10.0. The second kappa shape index (κ2) is 10.8. The van der Waals surface area contributed by atoms with Gasteiger partial charge in [0.25, 0.3) is 0 Å². The van der Waals surface area contributed by atoms with E-state index >= 15 is 0 Å². The van der Waals surface area contributed by atoms with E-state index in [0.29, 0.717) is 25.6 Å². The van der Waals surface area contributed by atoms with Gasteiger partial charge in [-0.1, -0.05) is 43.0 Å². The molecule has 2 aromatic carbocycles. The van der Waals surface area contributed by atoms with Gasteiger partial charge in [0.05, 0.1) is 12.2 Å². The number of amides is 1. The summed E-state index contributed by atoms with van der Waals surface area (Å²) in [6, 6.07) is 15.4. The molecular weight excluding hydrogens is 464 g/mol. The first kappa shape index (κ1) is 25.0. The van der Waals surface area contributed by atoms with E-state index in [1.165, 1.54) is 28.1 Å². The normalized spacial score (nSPS) is 16.6. The predicted octanol–water partition coefficient (Wildman–Crippen LogP) is 3.36. The van der Waals surface area contributed by atoms with Crippen molar-refractivity contribution in [3.63, 3.8) is 0 Å². The highest BCUT2D eigenvalue weighted by Gasteiger charge is 2.29. The molecule has 1 atom stereocenters. The fourth-order valence-corrected chi connectivity index (χ4v) is 5.39. The Hall–Kier alpha value is -3.65. The summed E-state index contributed by atoms with van der Waals surface area (Å²) in [4.78, 5) is 30.6. The predicted molar refractivity (Wildman–Crippen MR) is 148 cm³/mol. The molecule has 0 radical (unpaired) electrons. The molecule has 5 rings (SSSR count). The van der Waals surface area contributed by atoms with Crippen LogP contribution in [0.5, 0.6) is 6.01 Å².